The molecule has 0 aliphatic carbocycles. The van der Waals surface area contributed by atoms with E-state index in [1.165, 1.54) is 0 Å². The maximum atomic E-state index is 14.2. The first-order valence-electron chi connectivity index (χ1n) is 11.5. The minimum Gasteiger partial charge on any atom is -0.508 e. The smallest absolute Gasteiger partial charge is 0.193 e. The van der Waals surface area contributed by atoms with Gasteiger partial charge in [0.25, 0.3) is 0 Å². The van der Waals surface area contributed by atoms with E-state index in [-0.39, 0.29) is 38.9 Å². The fourth-order valence-electron chi connectivity index (χ4n) is 4.14. The molecule has 2 aromatic rings. The van der Waals surface area contributed by atoms with Crippen LogP contribution in [0.25, 0.3) is 0 Å². The fourth-order valence-corrected chi connectivity index (χ4v) is 4.14. The van der Waals surface area contributed by atoms with Gasteiger partial charge in [0, 0.05) is 11.1 Å². The maximum absolute atomic E-state index is 14.2. The molecule has 0 amide bonds. The number of aromatic hydroxyl groups is 2. The highest BCUT2D eigenvalue weighted by molar-refractivity contribution is 6.11. The first kappa shape index (κ1) is 26.0. The Kier molecular flexibility index (Phi) is 6.44. The van der Waals surface area contributed by atoms with Crippen LogP contribution in [-0.4, -0.2) is 16.0 Å². The Labute approximate surface area is 194 Å². The van der Waals surface area contributed by atoms with Gasteiger partial charge in [0.2, 0.25) is 0 Å². The molecule has 0 saturated heterocycles. The van der Waals surface area contributed by atoms with Gasteiger partial charge < -0.3 is 10.2 Å². The predicted molar refractivity (Wildman–Crippen MR) is 134 cm³/mol. The summed E-state index contributed by atoms with van der Waals surface area (Å²) in [5.41, 5.74) is 3.07. The average Bonchev–Trinajstić information content (AvgIpc) is 2.57. The largest absolute Gasteiger partial charge is 0.508 e. The molecular formula is C29H42O3. The topological polar surface area (TPSA) is 57.5 Å². The van der Waals surface area contributed by atoms with Gasteiger partial charge in [-0.15, -0.1) is 0 Å². The zero-order chi connectivity index (χ0) is 25.0. The lowest BCUT2D eigenvalue weighted by molar-refractivity contribution is 0.103. The van der Waals surface area contributed by atoms with Crippen LogP contribution >= 0.6 is 0 Å². The molecule has 0 bridgehead atoms. The highest BCUT2D eigenvalue weighted by Crippen LogP contribution is 2.41. The number of carbonyl (C=O) groups excluding carboxylic acids is 1. The Morgan fingerprint density at radius 3 is 0.969 bits per heavy atom. The second-order valence-corrected chi connectivity index (χ2v) is 13.2. The molecule has 0 heterocycles. The maximum Gasteiger partial charge on any atom is 0.193 e. The van der Waals surface area contributed by atoms with Gasteiger partial charge in [-0.1, -0.05) is 83.1 Å². The number of hydrogen-bond donors (Lipinski definition) is 2. The van der Waals surface area contributed by atoms with E-state index in [9.17, 15) is 15.0 Å². The van der Waals surface area contributed by atoms with Crippen molar-refractivity contribution in [2.45, 2.75) is 105 Å². The molecule has 32 heavy (non-hydrogen) atoms. The third-order valence-electron chi connectivity index (χ3n) is 5.99. The van der Waals surface area contributed by atoms with Crippen molar-refractivity contribution in [2.75, 3.05) is 0 Å². The Balaban J connectivity index is 2.96. The van der Waals surface area contributed by atoms with Crippen molar-refractivity contribution in [3.63, 3.8) is 0 Å². The summed E-state index contributed by atoms with van der Waals surface area (Å²) < 4.78 is 0. The van der Waals surface area contributed by atoms with E-state index in [0.29, 0.717) is 11.1 Å². The number of benzene rings is 2. The third-order valence-corrected chi connectivity index (χ3v) is 5.99. The molecule has 2 aromatic carbocycles. The first-order chi connectivity index (χ1) is 14.2. The molecule has 176 valence electrons. The third kappa shape index (κ3) is 5.19. The highest BCUT2D eigenvalue weighted by atomic mass is 16.3. The lowest BCUT2D eigenvalue weighted by Crippen LogP contribution is -2.24. The van der Waals surface area contributed by atoms with E-state index < -0.39 is 0 Å². The summed E-state index contributed by atoms with van der Waals surface area (Å²) >= 11 is 0. The second-order valence-electron chi connectivity index (χ2n) is 13.2. The molecule has 0 radical (unpaired) electrons. The first-order valence-corrected chi connectivity index (χ1v) is 11.5. The summed E-state index contributed by atoms with van der Waals surface area (Å²) in [5, 5.41) is 21.6. The van der Waals surface area contributed by atoms with E-state index in [1.54, 1.807) is 12.1 Å². The molecule has 0 aromatic heterocycles. The zero-order valence-electron chi connectivity index (χ0n) is 22.1. The quantitative estimate of drug-likeness (QED) is 0.477. The number of hydrogen-bond acceptors (Lipinski definition) is 3. The molecule has 3 nitrogen and oxygen atoms in total. The number of ketones is 1. The molecular weight excluding hydrogens is 396 g/mol. The zero-order valence-corrected chi connectivity index (χ0v) is 22.1. The summed E-state index contributed by atoms with van der Waals surface area (Å²) in [6, 6.07) is 7.26. The second kappa shape index (κ2) is 7.93. The monoisotopic (exact) mass is 438 g/mol. The van der Waals surface area contributed by atoms with Crippen LogP contribution in [0.2, 0.25) is 0 Å². The summed E-state index contributed by atoms with van der Waals surface area (Å²) in [6.07, 6.45) is 0. The van der Waals surface area contributed by atoms with Gasteiger partial charge >= 0.3 is 0 Å². The van der Waals surface area contributed by atoms with E-state index in [2.05, 4.69) is 41.5 Å². The highest BCUT2D eigenvalue weighted by Gasteiger charge is 2.32. The normalized spacial score (nSPS) is 13.4. The van der Waals surface area contributed by atoms with Crippen LogP contribution < -0.4 is 0 Å². The SMILES string of the molecule is CC(C)(C)c1cc(C(=O)c2cc(C(C)(C)C)c(O)cc2C(C)(C)C)c(C(C)(C)C)cc1O. The number of phenols is 2. The van der Waals surface area contributed by atoms with Gasteiger partial charge in [-0.2, -0.15) is 0 Å². The molecule has 0 saturated carbocycles. The molecule has 0 spiro atoms. The van der Waals surface area contributed by atoms with E-state index in [1.807, 2.05) is 53.7 Å². The lowest BCUT2D eigenvalue weighted by Gasteiger charge is -2.30. The Morgan fingerprint density at radius 2 is 0.750 bits per heavy atom. The lowest BCUT2D eigenvalue weighted by atomic mass is 9.74. The Morgan fingerprint density at radius 1 is 0.500 bits per heavy atom. The Hall–Kier alpha value is -2.29. The van der Waals surface area contributed by atoms with Crippen molar-refractivity contribution < 1.29 is 15.0 Å². The minimum absolute atomic E-state index is 0.0733. The minimum atomic E-state index is -0.329. The summed E-state index contributed by atoms with van der Waals surface area (Å²) in [6.45, 7) is 24.5. The van der Waals surface area contributed by atoms with E-state index in [0.717, 1.165) is 22.3 Å². The van der Waals surface area contributed by atoms with Gasteiger partial charge in [0.15, 0.2) is 5.78 Å². The van der Waals surface area contributed by atoms with Crippen LogP contribution in [0.5, 0.6) is 11.5 Å². The van der Waals surface area contributed by atoms with Gasteiger partial charge in [-0.05, 0) is 68.2 Å². The molecule has 2 N–H and O–H groups in total. The number of rotatable bonds is 2. The van der Waals surface area contributed by atoms with Crippen molar-refractivity contribution in [3.05, 3.63) is 57.6 Å². The molecule has 0 aliphatic heterocycles. The van der Waals surface area contributed by atoms with E-state index >= 15 is 0 Å². The van der Waals surface area contributed by atoms with Crippen LogP contribution in [0.15, 0.2) is 24.3 Å². The van der Waals surface area contributed by atoms with Gasteiger partial charge in [-0.25, -0.2) is 0 Å². The average molecular weight is 439 g/mol. The number of carbonyl (C=O) groups is 1. The summed E-state index contributed by atoms with van der Waals surface area (Å²) in [5.74, 6) is 0.364. The van der Waals surface area contributed by atoms with Crippen molar-refractivity contribution in [1.82, 2.24) is 0 Å². The van der Waals surface area contributed by atoms with Gasteiger partial charge in [0.05, 0.1) is 0 Å². The van der Waals surface area contributed by atoms with Gasteiger partial charge in [0.1, 0.15) is 11.5 Å². The molecule has 2 rings (SSSR count). The van der Waals surface area contributed by atoms with Crippen LogP contribution in [0.4, 0.5) is 0 Å². The molecule has 0 fully saturated rings. The van der Waals surface area contributed by atoms with Crippen LogP contribution in [0.1, 0.15) is 121 Å². The van der Waals surface area contributed by atoms with Crippen molar-refractivity contribution in [3.8, 4) is 11.5 Å². The number of phenolic OH excluding ortho intramolecular Hbond substituents is 2. The van der Waals surface area contributed by atoms with Gasteiger partial charge in [-0.3, -0.25) is 4.79 Å². The van der Waals surface area contributed by atoms with Crippen LogP contribution in [-0.2, 0) is 21.7 Å². The summed E-state index contributed by atoms with van der Waals surface area (Å²) in [4.78, 5) is 14.2. The molecule has 3 heteroatoms. The predicted octanol–water partition coefficient (Wildman–Crippen LogP) is 7.52. The van der Waals surface area contributed by atoms with Crippen molar-refractivity contribution in [1.29, 1.82) is 0 Å². The van der Waals surface area contributed by atoms with Crippen LogP contribution in [0, 0.1) is 0 Å². The fraction of sp³-hybridized carbons (Fsp3) is 0.552. The van der Waals surface area contributed by atoms with E-state index in [4.69, 9.17) is 0 Å². The van der Waals surface area contributed by atoms with Crippen molar-refractivity contribution in [2.24, 2.45) is 0 Å². The molecule has 0 aliphatic rings. The van der Waals surface area contributed by atoms with Crippen molar-refractivity contribution >= 4 is 5.78 Å². The molecule has 0 atom stereocenters. The Bertz CT molecular complexity index is 947. The van der Waals surface area contributed by atoms with Crippen LogP contribution in [0.3, 0.4) is 0 Å². The molecule has 0 unspecified atom stereocenters. The summed E-state index contributed by atoms with van der Waals surface area (Å²) in [7, 11) is 0. The standard InChI is InChI=1S/C29H42O3/c1-26(2,3)19-15-23(30)21(28(7,8)9)13-17(19)25(32)18-14-22(29(10,11)12)24(31)16-20(18)27(4,5)6/h13-16,30-31H,1-12H3.